The second-order valence-corrected chi connectivity index (χ2v) is 5.67. The highest BCUT2D eigenvalue weighted by Gasteiger charge is 2.15. The number of benzene rings is 1. The van der Waals surface area contributed by atoms with E-state index in [1.165, 1.54) is 24.8 Å². The van der Waals surface area contributed by atoms with Crippen LogP contribution in [-0.4, -0.2) is 29.0 Å². The summed E-state index contributed by atoms with van der Waals surface area (Å²) < 4.78 is 7.68. The first-order valence-electron chi connectivity index (χ1n) is 7.78. The Labute approximate surface area is 126 Å². The third-order valence-electron chi connectivity index (χ3n) is 4.05. The highest BCUT2D eigenvalue weighted by molar-refractivity contribution is 5.31. The van der Waals surface area contributed by atoms with Crippen molar-refractivity contribution >= 4 is 0 Å². The summed E-state index contributed by atoms with van der Waals surface area (Å²) in [6.45, 7) is 4.00. The topological polar surface area (TPSA) is 39.1 Å². The van der Waals surface area contributed by atoms with Gasteiger partial charge in [-0.1, -0.05) is 18.2 Å². The van der Waals surface area contributed by atoms with Crippen LogP contribution in [0, 0.1) is 0 Å². The van der Waals surface area contributed by atoms with E-state index < -0.39 is 0 Å². The molecule has 0 amide bonds. The number of para-hydroxylation sites is 1. The molecule has 3 rings (SSSR count). The van der Waals surface area contributed by atoms with Gasteiger partial charge in [-0.15, -0.1) is 0 Å². The maximum Gasteiger partial charge on any atom is 0.0699 e. The van der Waals surface area contributed by atoms with Gasteiger partial charge in [0.05, 0.1) is 18.0 Å². The lowest BCUT2D eigenvalue weighted by Gasteiger charge is -2.24. The summed E-state index contributed by atoms with van der Waals surface area (Å²) >= 11 is 0. The van der Waals surface area contributed by atoms with E-state index in [4.69, 9.17) is 4.74 Å². The second kappa shape index (κ2) is 6.87. The molecule has 0 radical (unpaired) electrons. The van der Waals surface area contributed by atoms with Gasteiger partial charge in [0.2, 0.25) is 0 Å². The van der Waals surface area contributed by atoms with E-state index in [1.807, 2.05) is 29.1 Å². The molecule has 0 spiro atoms. The molecule has 2 unspecified atom stereocenters. The van der Waals surface area contributed by atoms with Crippen molar-refractivity contribution < 1.29 is 4.74 Å². The van der Waals surface area contributed by atoms with Gasteiger partial charge in [0, 0.05) is 31.0 Å². The summed E-state index contributed by atoms with van der Waals surface area (Å²) in [4.78, 5) is 0. The van der Waals surface area contributed by atoms with Crippen molar-refractivity contribution in [3.8, 4) is 5.69 Å². The Hall–Kier alpha value is -1.65. The van der Waals surface area contributed by atoms with Crippen LogP contribution in [0.5, 0.6) is 0 Å². The van der Waals surface area contributed by atoms with Crippen molar-refractivity contribution in [3.05, 3.63) is 48.3 Å². The summed E-state index contributed by atoms with van der Waals surface area (Å²) in [7, 11) is 0. The van der Waals surface area contributed by atoms with E-state index in [0.29, 0.717) is 6.10 Å². The number of ether oxygens (including phenoxy) is 1. The number of rotatable bonds is 5. The van der Waals surface area contributed by atoms with Crippen LogP contribution in [0.4, 0.5) is 0 Å². The SMILES string of the molecule is CC(NCC1CCCCO1)c1cnn(-c2ccccc2)c1. The lowest BCUT2D eigenvalue weighted by atomic mass is 10.1. The Bertz CT molecular complexity index is 546. The molecule has 1 aromatic heterocycles. The molecule has 1 aliphatic rings. The molecule has 0 saturated carbocycles. The van der Waals surface area contributed by atoms with Crippen molar-refractivity contribution in [1.82, 2.24) is 15.1 Å². The number of aromatic nitrogens is 2. The van der Waals surface area contributed by atoms with E-state index in [9.17, 15) is 0 Å². The molecular weight excluding hydrogens is 262 g/mol. The Kier molecular flexibility index (Phi) is 4.68. The second-order valence-electron chi connectivity index (χ2n) is 5.67. The third kappa shape index (κ3) is 3.71. The van der Waals surface area contributed by atoms with Crippen LogP contribution in [0.3, 0.4) is 0 Å². The van der Waals surface area contributed by atoms with Crippen LogP contribution in [0.25, 0.3) is 5.69 Å². The largest absolute Gasteiger partial charge is 0.377 e. The Morgan fingerprint density at radius 1 is 1.33 bits per heavy atom. The Morgan fingerprint density at radius 2 is 2.19 bits per heavy atom. The first-order chi connectivity index (χ1) is 10.3. The molecule has 21 heavy (non-hydrogen) atoms. The first kappa shape index (κ1) is 14.3. The molecule has 112 valence electrons. The Morgan fingerprint density at radius 3 is 2.95 bits per heavy atom. The molecule has 4 nitrogen and oxygen atoms in total. The van der Waals surface area contributed by atoms with E-state index >= 15 is 0 Å². The predicted molar refractivity (Wildman–Crippen MR) is 83.6 cm³/mol. The molecule has 2 atom stereocenters. The summed E-state index contributed by atoms with van der Waals surface area (Å²) in [5, 5.41) is 8.00. The normalized spacial score (nSPS) is 20.3. The molecule has 1 fully saturated rings. The third-order valence-corrected chi connectivity index (χ3v) is 4.05. The van der Waals surface area contributed by atoms with Crippen LogP contribution >= 0.6 is 0 Å². The zero-order valence-corrected chi connectivity index (χ0v) is 12.5. The van der Waals surface area contributed by atoms with Crippen LogP contribution in [0.1, 0.15) is 37.8 Å². The van der Waals surface area contributed by atoms with Crippen molar-refractivity contribution in [2.75, 3.05) is 13.2 Å². The molecular formula is C17H23N3O. The lowest BCUT2D eigenvalue weighted by molar-refractivity contribution is 0.0156. The van der Waals surface area contributed by atoms with Gasteiger partial charge in [-0.3, -0.25) is 0 Å². The zero-order valence-electron chi connectivity index (χ0n) is 12.5. The van der Waals surface area contributed by atoms with Crippen LogP contribution in [0.2, 0.25) is 0 Å². The number of nitrogens with zero attached hydrogens (tertiary/aromatic N) is 2. The van der Waals surface area contributed by atoms with Gasteiger partial charge in [-0.25, -0.2) is 4.68 Å². The van der Waals surface area contributed by atoms with E-state index in [2.05, 4.69) is 35.7 Å². The average Bonchev–Trinajstić information content (AvgIpc) is 3.04. The van der Waals surface area contributed by atoms with Crippen molar-refractivity contribution in [2.45, 2.75) is 38.3 Å². The van der Waals surface area contributed by atoms with E-state index in [0.717, 1.165) is 18.8 Å². The van der Waals surface area contributed by atoms with Crippen LogP contribution in [0.15, 0.2) is 42.7 Å². The fourth-order valence-corrected chi connectivity index (χ4v) is 2.68. The van der Waals surface area contributed by atoms with Gasteiger partial charge in [-0.05, 0) is 38.3 Å². The fourth-order valence-electron chi connectivity index (χ4n) is 2.68. The summed E-state index contributed by atoms with van der Waals surface area (Å²) in [5.41, 5.74) is 2.29. The predicted octanol–water partition coefficient (Wildman–Crippen LogP) is 3.09. The average molecular weight is 285 g/mol. The minimum absolute atomic E-state index is 0.285. The molecule has 1 saturated heterocycles. The summed E-state index contributed by atoms with van der Waals surface area (Å²) in [6.07, 6.45) is 8.05. The monoisotopic (exact) mass is 285 g/mol. The molecule has 4 heteroatoms. The summed E-state index contributed by atoms with van der Waals surface area (Å²) in [5.74, 6) is 0. The quantitative estimate of drug-likeness (QED) is 0.917. The lowest BCUT2D eigenvalue weighted by Crippen LogP contribution is -2.33. The van der Waals surface area contributed by atoms with Gasteiger partial charge in [0.1, 0.15) is 0 Å². The van der Waals surface area contributed by atoms with Crippen molar-refractivity contribution in [1.29, 1.82) is 0 Å². The molecule has 2 aromatic rings. The highest BCUT2D eigenvalue weighted by Crippen LogP contribution is 2.16. The smallest absolute Gasteiger partial charge is 0.0699 e. The molecule has 1 aliphatic heterocycles. The number of hydrogen-bond donors (Lipinski definition) is 1. The van der Waals surface area contributed by atoms with E-state index in [-0.39, 0.29) is 6.04 Å². The number of hydrogen-bond acceptors (Lipinski definition) is 3. The highest BCUT2D eigenvalue weighted by atomic mass is 16.5. The minimum atomic E-state index is 0.285. The van der Waals surface area contributed by atoms with Gasteiger partial charge in [-0.2, -0.15) is 5.10 Å². The van der Waals surface area contributed by atoms with Gasteiger partial charge in [0.25, 0.3) is 0 Å². The maximum absolute atomic E-state index is 5.76. The zero-order chi connectivity index (χ0) is 14.5. The van der Waals surface area contributed by atoms with Gasteiger partial charge < -0.3 is 10.1 Å². The minimum Gasteiger partial charge on any atom is -0.377 e. The fraction of sp³-hybridized carbons (Fsp3) is 0.471. The number of nitrogens with one attached hydrogen (secondary N) is 1. The standard InChI is InChI=1S/C17H23N3O/c1-14(18-12-17-9-5-6-10-21-17)15-11-19-20(13-15)16-7-3-2-4-8-16/h2-4,7-8,11,13-14,17-18H,5-6,9-10,12H2,1H3. The first-order valence-corrected chi connectivity index (χ1v) is 7.78. The molecule has 1 aromatic carbocycles. The van der Waals surface area contributed by atoms with Crippen molar-refractivity contribution in [2.24, 2.45) is 0 Å². The van der Waals surface area contributed by atoms with Crippen LogP contribution < -0.4 is 5.32 Å². The summed E-state index contributed by atoms with van der Waals surface area (Å²) in [6, 6.07) is 10.5. The molecule has 1 N–H and O–H groups in total. The van der Waals surface area contributed by atoms with Gasteiger partial charge >= 0.3 is 0 Å². The van der Waals surface area contributed by atoms with Crippen LogP contribution in [-0.2, 0) is 4.74 Å². The Balaban J connectivity index is 1.57. The maximum atomic E-state index is 5.76. The van der Waals surface area contributed by atoms with Crippen molar-refractivity contribution in [3.63, 3.8) is 0 Å². The molecule has 0 aliphatic carbocycles. The molecule has 2 heterocycles. The van der Waals surface area contributed by atoms with Gasteiger partial charge in [0.15, 0.2) is 0 Å². The van der Waals surface area contributed by atoms with E-state index in [1.54, 1.807) is 0 Å². The molecule has 0 bridgehead atoms.